The lowest BCUT2D eigenvalue weighted by atomic mass is 10.4. The molecule has 0 unspecified atom stereocenters. The Morgan fingerprint density at radius 1 is 1.00 bits per heavy atom. The molecule has 4 heteroatoms. The molecule has 0 aliphatic heterocycles. The molecular formula is C11H19NO3. The second-order valence-electron chi connectivity index (χ2n) is 1.83. The van der Waals surface area contributed by atoms with Crippen LogP contribution in [-0.4, -0.2) is 18.3 Å². The van der Waals surface area contributed by atoms with Crippen LogP contribution in [-0.2, 0) is 4.79 Å². The highest BCUT2D eigenvalue weighted by Gasteiger charge is 1.58. The third kappa shape index (κ3) is 70.7. The van der Waals surface area contributed by atoms with Crippen LogP contribution in [0.5, 0.6) is 0 Å². The highest BCUT2D eigenvalue weighted by Crippen LogP contribution is 1.79. The van der Waals surface area contributed by atoms with Gasteiger partial charge in [-0.1, -0.05) is 50.2 Å². The summed E-state index contributed by atoms with van der Waals surface area (Å²) in [5.74, 6) is 0. The van der Waals surface area contributed by atoms with Gasteiger partial charge in [0.1, 0.15) is 6.29 Å². The number of hydrogen-bond donors (Lipinski definition) is 0. The van der Waals surface area contributed by atoms with E-state index in [9.17, 15) is 0 Å². The number of hydrogen-bond acceptors (Lipinski definition) is 3. The Balaban J connectivity index is -0.000000142. The van der Waals surface area contributed by atoms with Crippen LogP contribution in [0.2, 0.25) is 0 Å². The van der Waals surface area contributed by atoms with Crippen LogP contribution < -0.4 is 0 Å². The first-order valence-electron chi connectivity index (χ1n) is 4.63. The van der Waals surface area contributed by atoms with Gasteiger partial charge < -0.3 is 4.79 Å². The Morgan fingerprint density at radius 3 is 1.13 bits per heavy atom. The quantitative estimate of drug-likeness (QED) is 0.378. The van der Waals surface area contributed by atoms with Crippen molar-refractivity contribution in [2.45, 2.75) is 20.8 Å². The first kappa shape index (κ1) is 19.0. The lowest BCUT2D eigenvalue weighted by Crippen LogP contribution is -1.79. The fraction of sp³-hybridized carbons (Fsp3) is 0.364. The zero-order chi connectivity index (χ0) is 12.5. The molecule has 0 N–H and O–H groups in total. The van der Waals surface area contributed by atoms with E-state index in [2.05, 4.69) is 0 Å². The average Bonchev–Trinajstić information content (AvgIpc) is 2.24. The molecule has 1 aromatic carbocycles. The van der Waals surface area contributed by atoms with Crippen LogP contribution in [0.25, 0.3) is 0 Å². The van der Waals surface area contributed by atoms with Crippen LogP contribution in [0.4, 0.5) is 0 Å². The van der Waals surface area contributed by atoms with Crippen LogP contribution >= 0.6 is 0 Å². The minimum Gasteiger partial charge on any atom is -0.304 e. The highest BCUT2D eigenvalue weighted by molar-refractivity contribution is 5.44. The second-order valence-corrected chi connectivity index (χ2v) is 1.83. The third-order valence-electron chi connectivity index (χ3n) is 0.667. The number of aldehydes is 1. The summed E-state index contributed by atoms with van der Waals surface area (Å²) in [5, 5.41) is 8.81. The van der Waals surface area contributed by atoms with Gasteiger partial charge in [0, 0.05) is 4.92 Å². The van der Waals surface area contributed by atoms with Gasteiger partial charge >= 0.3 is 0 Å². The van der Waals surface area contributed by atoms with Crippen molar-refractivity contribution in [2.24, 2.45) is 0 Å². The van der Waals surface area contributed by atoms with E-state index in [1.165, 1.54) is 6.92 Å². The minimum absolute atomic E-state index is 0.500. The standard InChI is InChI=1S/C6H6.C2H4O.C2H6.CH3NO2/c1-2-4-6-5-3-1;1-2-3;1-2;1-2(3)4/h1-6H;2H,1H3;1-2H3;1H3. The molecule has 0 amide bonds. The molecule has 15 heavy (non-hydrogen) atoms. The molecule has 0 aromatic heterocycles. The number of carbonyl (C=O) groups is 1. The molecule has 0 bridgehead atoms. The minimum atomic E-state index is -0.500. The molecule has 1 rings (SSSR count). The largest absolute Gasteiger partial charge is 0.304 e. The van der Waals surface area contributed by atoms with Crippen molar-refractivity contribution in [3.8, 4) is 0 Å². The second kappa shape index (κ2) is 22.8. The fourth-order valence-electron chi connectivity index (χ4n) is 0.385. The predicted octanol–water partition coefficient (Wildman–Crippen LogP) is 2.81. The SMILES string of the molecule is CC.CC=O.C[N+](=O)[O-].c1ccccc1. The summed E-state index contributed by atoms with van der Waals surface area (Å²) in [6, 6.07) is 12.0. The molecule has 0 heterocycles. The molecule has 0 radical (unpaired) electrons. The van der Waals surface area contributed by atoms with Crippen molar-refractivity contribution < 1.29 is 9.72 Å². The van der Waals surface area contributed by atoms with Crippen molar-refractivity contribution in [2.75, 3.05) is 7.05 Å². The van der Waals surface area contributed by atoms with Crippen molar-refractivity contribution in [3.63, 3.8) is 0 Å². The molecule has 0 fully saturated rings. The molecular weight excluding hydrogens is 194 g/mol. The molecule has 0 saturated heterocycles. The summed E-state index contributed by atoms with van der Waals surface area (Å²) in [6.07, 6.45) is 0.750. The first-order valence-corrected chi connectivity index (χ1v) is 4.63. The van der Waals surface area contributed by atoms with E-state index < -0.39 is 4.92 Å². The van der Waals surface area contributed by atoms with Crippen LogP contribution in [0.1, 0.15) is 20.8 Å². The van der Waals surface area contributed by atoms with E-state index in [0.717, 1.165) is 13.3 Å². The lowest BCUT2D eigenvalue weighted by Gasteiger charge is -1.69. The molecule has 0 aliphatic rings. The van der Waals surface area contributed by atoms with E-state index >= 15 is 0 Å². The zero-order valence-electron chi connectivity index (χ0n) is 9.71. The van der Waals surface area contributed by atoms with E-state index in [-0.39, 0.29) is 0 Å². The highest BCUT2D eigenvalue weighted by atomic mass is 16.6. The van der Waals surface area contributed by atoms with Crippen LogP contribution in [0.3, 0.4) is 0 Å². The van der Waals surface area contributed by atoms with Gasteiger partial charge in [-0.2, -0.15) is 0 Å². The van der Waals surface area contributed by atoms with Gasteiger partial charge in [-0.05, 0) is 6.92 Å². The molecule has 0 spiro atoms. The first-order chi connectivity index (χ1) is 7.15. The van der Waals surface area contributed by atoms with Gasteiger partial charge in [-0.3, -0.25) is 10.1 Å². The summed E-state index contributed by atoms with van der Waals surface area (Å²) in [7, 11) is 0.889. The topological polar surface area (TPSA) is 60.2 Å². The fourth-order valence-corrected chi connectivity index (χ4v) is 0.385. The smallest absolute Gasteiger partial charge is 0.194 e. The summed E-state index contributed by atoms with van der Waals surface area (Å²) in [4.78, 5) is 17.1. The van der Waals surface area contributed by atoms with Crippen molar-refractivity contribution >= 4 is 6.29 Å². The van der Waals surface area contributed by atoms with Gasteiger partial charge in [0.25, 0.3) is 0 Å². The Kier molecular flexibility index (Phi) is 28.8. The Labute approximate surface area is 91.1 Å². The summed E-state index contributed by atoms with van der Waals surface area (Å²) >= 11 is 0. The molecule has 4 nitrogen and oxygen atoms in total. The van der Waals surface area contributed by atoms with Crippen LogP contribution in [0.15, 0.2) is 36.4 Å². The van der Waals surface area contributed by atoms with E-state index in [1.807, 2.05) is 50.2 Å². The Morgan fingerprint density at radius 2 is 1.07 bits per heavy atom. The third-order valence-corrected chi connectivity index (χ3v) is 0.667. The Hall–Kier alpha value is -1.71. The average molecular weight is 213 g/mol. The van der Waals surface area contributed by atoms with E-state index in [0.29, 0.717) is 0 Å². The van der Waals surface area contributed by atoms with Gasteiger partial charge in [0.15, 0.2) is 7.05 Å². The number of nitro groups is 1. The number of benzene rings is 1. The van der Waals surface area contributed by atoms with Crippen molar-refractivity contribution in [1.29, 1.82) is 0 Å². The van der Waals surface area contributed by atoms with Crippen molar-refractivity contribution in [1.82, 2.24) is 0 Å². The zero-order valence-corrected chi connectivity index (χ0v) is 9.71. The van der Waals surface area contributed by atoms with Gasteiger partial charge in [-0.15, -0.1) is 0 Å². The lowest BCUT2D eigenvalue weighted by molar-refractivity contribution is -0.445. The molecule has 1 aromatic rings. The molecule has 86 valence electrons. The van der Waals surface area contributed by atoms with Crippen molar-refractivity contribution in [3.05, 3.63) is 46.5 Å². The maximum absolute atomic E-state index is 8.81. The predicted molar refractivity (Wildman–Crippen MR) is 62.4 cm³/mol. The van der Waals surface area contributed by atoms with E-state index in [1.54, 1.807) is 0 Å². The van der Waals surface area contributed by atoms with Gasteiger partial charge in [0.05, 0.1) is 0 Å². The summed E-state index contributed by atoms with van der Waals surface area (Å²) < 4.78 is 0. The normalized spacial score (nSPS) is 6.13. The maximum Gasteiger partial charge on any atom is 0.194 e. The number of carbonyl (C=O) groups excluding carboxylic acids is 1. The Bertz CT molecular complexity index is 182. The number of rotatable bonds is 0. The van der Waals surface area contributed by atoms with Gasteiger partial charge in [0.2, 0.25) is 0 Å². The summed E-state index contributed by atoms with van der Waals surface area (Å²) in [6.45, 7) is 5.44. The van der Waals surface area contributed by atoms with E-state index in [4.69, 9.17) is 14.9 Å². The molecule has 0 aliphatic carbocycles. The van der Waals surface area contributed by atoms with Gasteiger partial charge in [-0.25, -0.2) is 0 Å². The monoisotopic (exact) mass is 213 g/mol. The maximum atomic E-state index is 8.81. The van der Waals surface area contributed by atoms with Crippen LogP contribution in [0, 0.1) is 10.1 Å². The number of nitrogens with zero attached hydrogens (tertiary/aromatic N) is 1. The molecule has 0 saturated carbocycles. The summed E-state index contributed by atoms with van der Waals surface area (Å²) in [5.41, 5.74) is 0. The molecule has 0 atom stereocenters.